The van der Waals surface area contributed by atoms with Crippen molar-refractivity contribution in [2.75, 3.05) is 26.7 Å². The maximum atomic E-state index is 13.1. The largest absolute Gasteiger partial charge is 0.360 e. The lowest BCUT2D eigenvalue weighted by atomic mass is 10.1. The molecule has 0 aliphatic heterocycles. The number of aromatic amines is 1. The van der Waals surface area contributed by atoms with Crippen LogP contribution in [0.2, 0.25) is 0 Å². The quantitative estimate of drug-likeness (QED) is 0.629. The molecule has 1 N–H and O–H groups in total. The highest BCUT2D eigenvalue weighted by Gasteiger charge is 2.20. The number of para-hydroxylation sites is 1. The summed E-state index contributed by atoms with van der Waals surface area (Å²) in [5.41, 5.74) is 3.06. The maximum absolute atomic E-state index is 13.1. The van der Waals surface area contributed by atoms with Gasteiger partial charge in [-0.15, -0.1) is 0 Å². The molecule has 27 heavy (non-hydrogen) atoms. The third kappa shape index (κ3) is 4.40. The summed E-state index contributed by atoms with van der Waals surface area (Å²) < 4.78 is 0. The number of hydrogen-bond donors (Lipinski definition) is 1. The molecule has 0 spiro atoms. The van der Waals surface area contributed by atoms with E-state index in [1.807, 2.05) is 41.4 Å². The fraction of sp³-hybridized carbons (Fsp3) is 0.348. The van der Waals surface area contributed by atoms with Crippen molar-refractivity contribution in [1.82, 2.24) is 14.8 Å². The molecule has 1 unspecified atom stereocenters. The fourth-order valence-corrected chi connectivity index (χ4v) is 3.46. The summed E-state index contributed by atoms with van der Waals surface area (Å²) in [5.74, 6) is 0.107. The molecule has 1 atom stereocenters. The molecular weight excluding hydrogens is 334 g/mol. The molecule has 3 aromatic rings. The molecule has 1 aromatic heterocycles. The zero-order chi connectivity index (χ0) is 19.2. The van der Waals surface area contributed by atoms with E-state index in [4.69, 9.17) is 0 Å². The molecule has 0 bridgehead atoms. The first kappa shape index (κ1) is 19.2. The predicted molar refractivity (Wildman–Crippen MR) is 112 cm³/mol. The number of rotatable bonds is 8. The van der Waals surface area contributed by atoms with Gasteiger partial charge in [-0.25, -0.2) is 0 Å². The van der Waals surface area contributed by atoms with Crippen molar-refractivity contribution in [3.05, 3.63) is 71.9 Å². The Bertz CT molecular complexity index is 871. The van der Waals surface area contributed by atoms with Crippen molar-refractivity contribution in [1.29, 1.82) is 0 Å². The monoisotopic (exact) mass is 363 g/mol. The average Bonchev–Trinajstić information content (AvgIpc) is 3.14. The lowest BCUT2D eigenvalue weighted by Crippen LogP contribution is -2.38. The Hall–Kier alpha value is -2.59. The van der Waals surface area contributed by atoms with Crippen LogP contribution in [-0.4, -0.2) is 47.4 Å². The Labute approximate surface area is 161 Å². The Morgan fingerprint density at radius 1 is 1.00 bits per heavy atom. The molecule has 0 saturated carbocycles. The van der Waals surface area contributed by atoms with E-state index >= 15 is 0 Å². The number of carbonyl (C=O) groups excluding carboxylic acids is 1. The Morgan fingerprint density at radius 2 is 1.70 bits per heavy atom. The number of carbonyl (C=O) groups is 1. The van der Waals surface area contributed by atoms with Crippen molar-refractivity contribution in [2.45, 2.75) is 26.3 Å². The number of benzene rings is 2. The summed E-state index contributed by atoms with van der Waals surface area (Å²) in [6.07, 6.45) is 2.79. The molecule has 4 nitrogen and oxygen atoms in total. The second-order valence-corrected chi connectivity index (χ2v) is 7.11. The van der Waals surface area contributed by atoms with Crippen LogP contribution >= 0.6 is 0 Å². The molecule has 4 heteroatoms. The molecule has 0 saturated heterocycles. The van der Waals surface area contributed by atoms with Crippen LogP contribution in [-0.2, 0) is 0 Å². The lowest BCUT2D eigenvalue weighted by molar-refractivity contribution is 0.0734. The smallest absolute Gasteiger partial charge is 0.256 e. The third-order valence-electron chi connectivity index (χ3n) is 5.27. The average molecular weight is 364 g/mol. The topological polar surface area (TPSA) is 39.3 Å². The van der Waals surface area contributed by atoms with Crippen LogP contribution in [0.5, 0.6) is 0 Å². The zero-order valence-corrected chi connectivity index (χ0v) is 16.5. The third-order valence-corrected chi connectivity index (χ3v) is 5.27. The maximum Gasteiger partial charge on any atom is 0.256 e. The van der Waals surface area contributed by atoms with Crippen LogP contribution in [0.15, 0.2) is 60.8 Å². The van der Waals surface area contributed by atoms with Gasteiger partial charge in [-0.2, -0.15) is 0 Å². The minimum absolute atomic E-state index is 0.107. The van der Waals surface area contributed by atoms with E-state index in [9.17, 15) is 4.79 Å². The van der Waals surface area contributed by atoms with Crippen LogP contribution in [0.4, 0.5) is 0 Å². The first-order valence-corrected chi connectivity index (χ1v) is 9.72. The summed E-state index contributed by atoms with van der Waals surface area (Å²) >= 11 is 0. The number of nitrogens with zero attached hydrogens (tertiary/aromatic N) is 2. The van der Waals surface area contributed by atoms with Gasteiger partial charge in [0.2, 0.25) is 0 Å². The van der Waals surface area contributed by atoms with Gasteiger partial charge in [0, 0.05) is 42.8 Å². The second kappa shape index (κ2) is 8.87. The summed E-state index contributed by atoms with van der Waals surface area (Å²) in [6, 6.07) is 18.8. The number of aromatic nitrogens is 1. The Morgan fingerprint density at radius 3 is 2.44 bits per heavy atom. The van der Waals surface area contributed by atoms with E-state index in [-0.39, 0.29) is 5.91 Å². The summed E-state index contributed by atoms with van der Waals surface area (Å²) in [5, 5.41) is 0.995. The van der Waals surface area contributed by atoms with E-state index in [1.165, 1.54) is 5.56 Å². The van der Waals surface area contributed by atoms with Crippen molar-refractivity contribution < 1.29 is 4.79 Å². The lowest BCUT2D eigenvalue weighted by Gasteiger charge is -2.29. The highest BCUT2D eigenvalue weighted by atomic mass is 16.2. The van der Waals surface area contributed by atoms with Crippen molar-refractivity contribution in [3.63, 3.8) is 0 Å². The van der Waals surface area contributed by atoms with Gasteiger partial charge in [0.25, 0.3) is 5.91 Å². The standard InChI is InChI=1S/C23H29N3O/c1-4-14-26(16-15-25(3)18(2)19-10-6-5-7-11-19)23(27)21-17-24-22-13-9-8-12-20(21)22/h5-13,17-18,24H,4,14-16H2,1-3H3. The molecule has 0 radical (unpaired) electrons. The van der Waals surface area contributed by atoms with Gasteiger partial charge < -0.3 is 9.88 Å². The van der Waals surface area contributed by atoms with Gasteiger partial charge >= 0.3 is 0 Å². The number of amides is 1. The molecule has 0 aliphatic carbocycles. The van der Waals surface area contributed by atoms with Crippen molar-refractivity contribution in [2.24, 2.45) is 0 Å². The van der Waals surface area contributed by atoms with Crippen LogP contribution in [0, 0.1) is 0 Å². The van der Waals surface area contributed by atoms with Crippen LogP contribution in [0.3, 0.4) is 0 Å². The molecule has 3 rings (SSSR count). The fourth-order valence-electron chi connectivity index (χ4n) is 3.46. The Balaban J connectivity index is 1.69. The number of nitrogens with one attached hydrogen (secondary N) is 1. The van der Waals surface area contributed by atoms with E-state index < -0.39 is 0 Å². The van der Waals surface area contributed by atoms with E-state index in [0.717, 1.165) is 42.5 Å². The number of fused-ring (bicyclic) bond motifs is 1. The summed E-state index contributed by atoms with van der Waals surface area (Å²) in [7, 11) is 2.12. The number of H-pyrrole nitrogens is 1. The first-order chi connectivity index (χ1) is 13.1. The van der Waals surface area contributed by atoms with Gasteiger partial charge in [0.15, 0.2) is 0 Å². The molecule has 0 aliphatic rings. The van der Waals surface area contributed by atoms with E-state index in [1.54, 1.807) is 0 Å². The predicted octanol–water partition coefficient (Wildman–Crippen LogP) is 4.71. The SMILES string of the molecule is CCCN(CCN(C)C(C)c1ccccc1)C(=O)c1c[nH]c2ccccc12. The van der Waals surface area contributed by atoms with Crippen LogP contribution in [0.25, 0.3) is 10.9 Å². The zero-order valence-electron chi connectivity index (χ0n) is 16.5. The highest BCUT2D eigenvalue weighted by molar-refractivity contribution is 6.06. The van der Waals surface area contributed by atoms with Gasteiger partial charge in [-0.1, -0.05) is 55.5 Å². The van der Waals surface area contributed by atoms with Gasteiger partial charge in [-0.3, -0.25) is 9.69 Å². The number of likely N-dealkylation sites (N-methyl/N-ethyl adjacent to an activating group) is 1. The van der Waals surface area contributed by atoms with Crippen molar-refractivity contribution >= 4 is 16.8 Å². The molecule has 2 aromatic carbocycles. The minimum Gasteiger partial charge on any atom is -0.360 e. The molecule has 1 heterocycles. The van der Waals surface area contributed by atoms with Crippen molar-refractivity contribution in [3.8, 4) is 0 Å². The van der Waals surface area contributed by atoms with Gasteiger partial charge in [0.1, 0.15) is 0 Å². The van der Waals surface area contributed by atoms with E-state index in [0.29, 0.717) is 6.04 Å². The molecule has 0 fully saturated rings. The second-order valence-electron chi connectivity index (χ2n) is 7.11. The Kier molecular flexibility index (Phi) is 6.30. The summed E-state index contributed by atoms with van der Waals surface area (Å²) in [4.78, 5) is 20.6. The molecule has 1 amide bonds. The van der Waals surface area contributed by atoms with Crippen LogP contribution in [0.1, 0.15) is 42.2 Å². The molecule has 142 valence electrons. The highest BCUT2D eigenvalue weighted by Crippen LogP contribution is 2.21. The number of hydrogen-bond acceptors (Lipinski definition) is 2. The first-order valence-electron chi connectivity index (χ1n) is 9.72. The molecular formula is C23H29N3O. The normalized spacial score (nSPS) is 12.4. The van der Waals surface area contributed by atoms with Crippen LogP contribution < -0.4 is 0 Å². The summed E-state index contributed by atoms with van der Waals surface area (Å²) in [6.45, 7) is 6.66. The minimum atomic E-state index is 0.107. The van der Waals surface area contributed by atoms with E-state index in [2.05, 4.69) is 55.0 Å². The van der Waals surface area contributed by atoms with Gasteiger partial charge in [0.05, 0.1) is 5.56 Å². The van der Waals surface area contributed by atoms with Gasteiger partial charge in [-0.05, 0) is 32.0 Å².